The Bertz CT molecular complexity index is 1280. The summed E-state index contributed by atoms with van der Waals surface area (Å²) in [5.74, 6) is -1.86. The highest BCUT2D eigenvalue weighted by Crippen LogP contribution is 2.44. The standard InChI is InChI=1S/C29H35F5N4/c1-4-29(3,34)16-38-17(2)10-22-21-7-6-18(31)11-25(21)36-27(22)28(38)26-23(32)12-19(13-24(26)33)35-20-14-37(15-20)9-5-8-30/h6-7,11-13,17,20,28,35-36H,4-5,8-10,14-16H2,1-3H3/t17-,28-,29-/m0/s1. The van der Waals surface area contributed by atoms with Gasteiger partial charge in [-0.15, -0.1) is 0 Å². The van der Waals surface area contributed by atoms with Crippen LogP contribution in [-0.4, -0.2) is 65.4 Å². The van der Waals surface area contributed by atoms with Crippen LogP contribution in [-0.2, 0) is 6.42 Å². The Labute approximate surface area is 220 Å². The van der Waals surface area contributed by atoms with Crippen molar-refractivity contribution in [3.8, 4) is 0 Å². The Morgan fingerprint density at radius 3 is 2.47 bits per heavy atom. The van der Waals surface area contributed by atoms with E-state index in [2.05, 4.69) is 15.2 Å². The molecule has 0 saturated carbocycles. The fourth-order valence-corrected chi connectivity index (χ4v) is 5.88. The number of likely N-dealkylation sites (tertiary alicyclic amines) is 1. The zero-order valence-electron chi connectivity index (χ0n) is 22.1. The molecule has 0 radical (unpaired) electrons. The minimum Gasteiger partial charge on any atom is -0.380 e. The second kappa shape index (κ2) is 10.5. The molecule has 9 heteroatoms. The number of hydrogen-bond acceptors (Lipinski definition) is 3. The number of aromatic nitrogens is 1. The summed E-state index contributed by atoms with van der Waals surface area (Å²) in [5.41, 5.74) is 0.604. The molecule has 2 aliphatic rings. The molecular weight excluding hydrogens is 499 g/mol. The number of rotatable bonds is 9. The summed E-state index contributed by atoms with van der Waals surface area (Å²) in [7, 11) is 0. The molecule has 2 aliphatic heterocycles. The lowest BCUT2D eigenvalue weighted by Crippen LogP contribution is -2.54. The van der Waals surface area contributed by atoms with E-state index >= 15 is 13.2 Å². The van der Waals surface area contributed by atoms with Crippen molar-refractivity contribution in [3.63, 3.8) is 0 Å². The molecular formula is C29H35F5N4. The molecule has 0 bridgehead atoms. The van der Waals surface area contributed by atoms with Gasteiger partial charge in [-0.05, 0) is 69.0 Å². The quantitative estimate of drug-likeness (QED) is 0.307. The highest BCUT2D eigenvalue weighted by atomic mass is 19.2. The number of aromatic amines is 1. The van der Waals surface area contributed by atoms with Crippen molar-refractivity contribution in [2.45, 2.75) is 63.8 Å². The number of nitrogens with one attached hydrogen (secondary N) is 2. The third-order valence-electron chi connectivity index (χ3n) is 8.11. The number of benzene rings is 2. The summed E-state index contributed by atoms with van der Waals surface area (Å²) in [6.07, 6.45) is 1.27. The van der Waals surface area contributed by atoms with Gasteiger partial charge in [-0.2, -0.15) is 0 Å². The molecule has 4 nitrogen and oxygen atoms in total. The summed E-state index contributed by atoms with van der Waals surface area (Å²) >= 11 is 0. The average molecular weight is 535 g/mol. The highest BCUT2D eigenvalue weighted by molar-refractivity contribution is 5.85. The van der Waals surface area contributed by atoms with E-state index in [4.69, 9.17) is 0 Å². The van der Waals surface area contributed by atoms with Crippen LogP contribution in [0, 0.1) is 17.5 Å². The van der Waals surface area contributed by atoms with Crippen LogP contribution >= 0.6 is 0 Å². The van der Waals surface area contributed by atoms with Gasteiger partial charge >= 0.3 is 0 Å². The molecule has 1 fully saturated rings. The molecule has 2 aromatic carbocycles. The van der Waals surface area contributed by atoms with Gasteiger partial charge in [-0.25, -0.2) is 17.6 Å². The smallest absolute Gasteiger partial charge is 0.133 e. The maximum Gasteiger partial charge on any atom is 0.133 e. The largest absolute Gasteiger partial charge is 0.380 e. The van der Waals surface area contributed by atoms with Gasteiger partial charge in [0.15, 0.2) is 0 Å². The lowest BCUT2D eigenvalue weighted by atomic mass is 9.86. The Balaban J connectivity index is 1.52. The average Bonchev–Trinajstić information content (AvgIpc) is 3.18. The second-order valence-corrected chi connectivity index (χ2v) is 11.1. The maximum absolute atomic E-state index is 15.8. The second-order valence-electron chi connectivity index (χ2n) is 11.1. The van der Waals surface area contributed by atoms with Gasteiger partial charge < -0.3 is 10.3 Å². The number of hydrogen-bond donors (Lipinski definition) is 2. The number of nitrogens with zero attached hydrogens (tertiary/aromatic N) is 2. The predicted octanol–water partition coefficient (Wildman–Crippen LogP) is 6.52. The predicted molar refractivity (Wildman–Crippen MR) is 141 cm³/mol. The van der Waals surface area contributed by atoms with E-state index < -0.39 is 29.2 Å². The van der Waals surface area contributed by atoms with Crippen molar-refractivity contribution in [1.82, 2.24) is 14.8 Å². The van der Waals surface area contributed by atoms with Crippen molar-refractivity contribution >= 4 is 16.6 Å². The van der Waals surface area contributed by atoms with E-state index in [-0.39, 0.29) is 37.3 Å². The number of anilines is 1. The highest BCUT2D eigenvalue weighted by Gasteiger charge is 2.41. The van der Waals surface area contributed by atoms with Crippen molar-refractivity contribution in [2.75, 3.05) is 38.2 Å². The lowest BCUT2D eigenvalue weighted by Gasteiger charge is -2.43. The summed E-state index contributed by atoms with van der Waals surface area (Å²) < 4.78 is 73.4. The zero-order valence-corrected chi connectivity index (χ0v) is 22.1. The fourth-order valence-electron chi connectivity index (χ4n) is 5.88. The third-order valence-corrected chi connectivity index (χ3v) is 8.11. The fraction of sp³-hybridized carbons (Fsp3) is 0.517. The zero-order chi connectivity index (χ0) is 27.2. The molecule has 1 saturated heterocycles. The molecule has 3 heterocycles. The Morgan fingerprint density at radius 1 is 1.11 bits per heavy atom. The minimum atomic E-state index is -1.56. The molecule has 2 N–H and O–H groups in total. The maximum atomic E-state index is 15.8. The first-order valence-electron chi connectivity index (χ1n) is 13.4. The van der Waals surface area contributed by atoms with Gasteiger partial charge in [0.1, 0.15) is 23.1 Å². The number of alkyl halides is 2. The van der Waals surface area contributed by atoms with Crippen molar-refractivity contribution in [2.24, 2.45) is 0 Å². The van der Waals surface area contributed by atoms with Crippen LogP contribution in [0.2, 0.25) is 0 Å². The van der Waals surface area contributed by atoms with Gasteiger partial charge in [-0.3, -0.25) is 14.2 Å². The van der Waals surface area contributed by atoms with E-state index in [1.807, 2.05) is 11.8 Å². The first kappa shape index (κ1) is 26.9. The van der Waals surface area contributed by atoms with Gasteiger partial charge in [0.2, 0.25) is 0 Å². The molecule has 3 atom stereocenters. The molecule has 0 amide bonds. The molecule has 0 spiro atoms. The van der Waals surface area contributed by atoms with Crippen LogP contribution in [0.3, 0.4) is 0 Å². The van der Waals surface area contributed by atoms with E-state index in [9.17, 15) is 8.78 Å². The lowest BCUT2D eigenvalue weighted by molar-refractivity contribution is 0.0516. The van der Waals surface area contributed by atoms with Crippen molar-refractivity contribution in [3.05, 3.63) is 64.6 Å². The molecule has 38 heavy (non-hydrogen) atoms. The molecule has 0 aliphatic carbocycles. The first-order chi connectivity index (χ1) is 18.1. The van der Waals surface area contributed by atoms with Crippen molar-refractivity contribution < 1.29 is 22.0 Å². The summed E-state index contributed by atoms with van der Waals surface area (Å²) in [6.45, 7) is 6.84. The van der Waals surface area contributed by atoms with Crippen LogP contribution in [0.5, 0.6) is 0 Å². The van der Waals surface area contributed by atoms with Crippen LogP contribution < -0.4 is 5.32 Å². The number of halogens is 5. The third kappa shape index (κ3) is 5.15. The molecule has 0 unspecified atom stereocenters. The van der Waals surface area contributed by atoms with Crippen LogP contribution in [0.15, 0.2) is 30.3 Å². The Morgan fingerprint density at radius 2 is 1.82 bits per heavy atom. The van der Waals surface area contributed by atoms with E-state index in [0.29, 0.717) is 49.4 Å². The minimum absolute atomic E-state index is 0.00578. The molecule has 206 valence electrons. The van der Waals surface area contributed by atoms with Crippen LogP contribution in [0.25, 0.3) is 10.9 Å². The monoisotopic (exact) mass is 534 g/mol. The van der Waals surface area contributed by atoms with E-state index in [0.717, 1.165) is 10.9 Å². The summed E-state index contributed by atoms with van der Waals surface area (Å²) in [6, 6.07) is 5.92. The summed E-state index contributed by atoms with van der Waals surface area (Å²) in [4.78, 5) is 7.12. The van der Waals surface area contributed by atoms with Gasteiger partial charge in [0.05, 0.1) is 18.8 Å². The molecule has 3 aromatic rings. The van der Waals surface area contributed by atoms with E-state index in [1.54, 1.807) is 13.0 Å². The topological polar surface area (TPSA) is 34.3 Å². The Hall–Kier alpha value is -2.65. The molecule has 5 rings (SSSR count). The van der Waals surface area contributed by atoms with Gasteiger partial charge in [0, 0.05) is 60.1 Å². The SMILES string of the molecule is CC[C@](C)(F)CN1[C@@H](c2c(F)cc(NC3CN(CCCF)C3)cc2F)c2[nH]c3cc(F)ccc3c2C[C@@H]1C. The number of H-pyrrole nitrogens is 1. The normalized spacial score (nSPS) is 22.3. The number of fused-ring (bicyclic) bond motifs is 3. The van der Waals surface area contributed by atoms with Gasteiger partial charge in [0.25, 0.3) is 0 Å². The van der Waals surface area contributed by atoms with E-state index in [1.165, 1.54) is 31.2 Å². The summed E-state index contributed by atoms with van der Waals surface area (Å²) in [5, 5.41) is 3.98. The van der Waals surface area contributed by atoms with Crippen molar-refractivity contribution in [1.29, 1.82) is 0 Å². The van der Waals surface area contributed by atoms with Gasteiger partial charge in [-0.1, -0.05) is 6.92 Å². The van der Waals surface area contributed by atoms with Crippen LogP contribution in [0.1, 0.15) is 56.5 Å². The first-order valence-corrected chi connectivity index (χ1v) is 13.4. The molecule has 1 aromatic heterocycles. The van der Waals surface area contributed by atoms with Crippen LogP contribution in [0.4, 0.5) is 27.6 Å². The Kier molecular flexibility index (Phi) is 7.44.